The van der Waals surface area contributed by atoms with Crippen LogP contribution in [-0.4, -0.2) is 11.1 Å². The Labute approximate surface area is 89.9 Å². The predicted octanol–water partition coefficient (Wildman–Crippen LogP) is 3.00. The Bertz CT molecular complexity index is 405. The van der Waals surface area contributed by atoms with Gasteiger partial charge in [0, 0.05) is 0 Å². The van der Waals surface area contributed by atoms with Crippen molar-refractivity contribution in [2.75, 3.05) is 0 Å². The van der Waals surface area contributed by atoms with Gasteiger partial charge in [-0.2, -0.15) is 0 Å². The van der Waals surface area contributed by atoms with E-state index in [9.17, 15) is 4.79 Å². The van der Waals surface area contributed by atoms with Crippen LogP contribution in [-0.2, 0) is 11.8 Å². The van der Waals surface area contributed by atoms with Crippen LogP contribution in [0.15, 0.2) is 18.2 Å². The molecule has 0 fully saturated rings. The number of carboxylic acid groups (broad SMARTS) is 1. The normalized spacial score (nSPS) is 18.3. The lowest BCUT2D eigenvalue weighted by Crippen LogP contribution is -2.25. The van der Waals surface area contributed by atoms with Crippen LogP contribution in [0.4, 0.5) is 0 Å². The Kier molecular flexibility index (Phi) is 2.29. The molecular formula is C13H16O2. The molecule has 2 nitrogen and oxygen atoms in total. The van der Waals surface area contributed by atoms with Crippen molar-refractivity contribution in [2.45, 2.75) is 38.5 Å². The maximum atomic E-state index is 11.1. The van der Waals surface area contributed by atoms with Gasteiger partial charge in [0.05, 0.1) is 5.56 Å². The summed E-state index contributed by atoms with van der Waals surface area (Å²) in [5, 5.41) is 9.11. The minimum absolute atomic E-state index is 0.124. The van der Waals surface area contributed by atoms with E-state index < -0.39 is 5.97 Å². The Morgan fingerprint density at radius 2 is 2.13 bits per heavy atom. The maximum absolute atomic E-state index is 11.1. The number of hydrogen-bond acceptors (Lipinski definition) is 1. The molecule has 0 saturated heterocycles. The van der Waals surface area contributed by atoms with E-state index in [4.69, 9.17) is 5.11 Å². The van der Waals surface area contributed by atoms with Gasteiger partial charge in [-0.1, -0.05) is 26.0 Å². The van der Waals surface area contributed by atoms with Gasteiger partial charge >= 0.3 is 5.97 Å². The molecule has 0 bridgehead atoms. The van der Waals surface area contributed by atoms with E-state index in [1.54, 1.807) is 6.07 Å². The van der Waals surface area contributed by atoms with Gasteiger partial charge in [0.2, 0.25) is 0 Å². The third kappa shape index (κ3) is 1.65. The van der Waals surface area contributed by atoms with Crippen molar-refractivity contribution >= 4 is 5.97 Å². The van der Waals surface area contributed by atoms with E-state index in [0.29, 0.717) is 5.56 Å². The van der Waals surface area contributed by atoms with Gasteiger partial charge in [0.15, 0.2) is 0 Å². The van der Waals surface area contributed by atoms with Crippen LogP contribution >= 0.6 is 0 Å². The van der Waals surface area contributed by atoms with E-state index in [2.05, 4.69) is 19.9 Å². The molecular weight excluding hydrogens is 188 g/mol. The smallest absolute Gasteiger partial charge is 0.335 e. The van der Waals surface area contributed by atoms with Gasteiger partial charge in [-0.25, -0.2) is 4.79 Å². The van der Waals surface area contributed by atoms with Crippen molar-refractivity contribution < 1.29 is 9.90 Å². The van der Waals surface area contributed by atoms with E-state index in [0.717, 1.165) is 24.8 Å². The first kappa shape index (κ1) is 10.2. The van der Waals surface area contributed by atoms with Crippen LogP contribution in [0.2, 0.25) is 0 Å². The van der Waals surface area contributed by atoms with E-state index in [1.165, 1.54) is 5.56 Å². The molecule has 0 unspecified atom stereocenters. The lowest BCUT2D eigenvalue weighted by molar-refractivity contribution is 0.0695. The fourth-order valence-electron chi connectivity index (χ4n) is 2.53. The van der Waals surface area contributed by atoms with Crippen LogP contribution in [0.3, 0.4) is 0 Å². The highest BCUT2D eigenvalue weighted by atomic mass is 16.4. The van der Waals surface area contributed by atoms with Gasteiger partial charge in [-0.3, -0.25) is 0 Å². The molecule has 1 aromatic carbocycles. The molecule has 1 aliphatic carbocycles. The Morgan fingerprint density at radius 3 is 2.80 bits per heavy atom. The molecule has 0 heterocycles. The molecule has 2 rings (SSSR count). The van der Waals surface area contributed by atoms with Crippen LogP contribution in [0.25, 0.3) is 0 Å². The summed E-state index contributed by atoms with van der Waals surface area (Å²) in [4.78, 5) is 11.1. The second-order valence-corrected chi connectivity index (χ2v) is 4.87. The molecule has 0 radical (unpaired) electrons. The average Bonchev–Trinajstić information content (AvgIpc) is 2.16. The Morgan fingerprint density at radius 1 is 1.40 bits per heavy atom. The van der Waals surface area contributed by atoms with E-state index >= 15 is 0 Å². The SMILES string of the molecule is CC1(C)CCCc2c(C(=O)O)cccc21. The number of aromatic carboxylic acids is 1. The summed E-state index contributed by atoms with van der Waals surface area (Å²) >= 11 is 0. The lowest BCUT2D eigenvalue weighted by atomic mass is 9.71. The molecule has 2 heteroatoms. The largest absolute Gasteiger partial charge is 0.478 e. The minimum Gasteiger partial charge on any atom is -0.478 e. The fourth-order valence-corrected chi connectivity index (χ4v) is 2.53. The van der Waals surface area contributed by atoms with Crippen molar-refractivity contribution in [3.05, 3.63) is 34.9 Å². The standard InChI is InChI=1S/C13H16O2/c1-13(2)8-4-6-9-10(12(14)15)5-3-7-11(9)13/h3,5,7H,4,6,8H2,1-2H3,(H,14,15). The number of rotatable bonds is 1. The van der Waals surface area contributed by atoms with Crippen LogP contribution in [0.5, 0.6) is 0 Å². The molecule has 1 aliphatic rings. The minimum atomic E-state index is -0.801. The maximum Gasteiger partial charge on any atom is 0.335 e. The second-order valence-electron chi connectivity index (χ2n) is 4.87. The molecule has 0 spiro atoms. The molecule has 0 amide bonds. The summed E-state index contributed by atoms with van der Waals surface area (Å²) < 4.78 is 0. The molecule has 0 aromatic heterocycles. The first-order valence-corrected chi connectivity index (χ1v) is 5.38. The van der Waals surface area contributed by atoms with Crippen LogP contribution in [0, 0.1) is 0 Å². The zero-order valence-corrected chi connectivity index (χ0v) is 9.21. The third-order valence-electron chi connectivity index (χ3n) is 3.36. The predicted molar refractivity (Wildman–Crippen MR) is 59.4 cm³/mol. The van der Waals surface area contributed by atoms with Crippen LogP contribution < -0.4 is 0 Å². The highest BCUT2D eigenvalue weighted by molar-refractivity contribution is 5.90. The van der Waals surface area contributed by atoms with Crippen LogP contribution in [0.1, 0.15) is 48.2 Å². The lowest BCUT2D eigenvalue weighted by Gasteiger charge is -2.33. The molecule has 0 saturated carbocycles. The number of carbonyl (C=O) groups is 1. The molecule has 1 N–H and O–H groups in total. The summed E-state index contributed by atoms with van der Waals surface area (Å²) in [6.45, 7) is 4.38. The highest BCUT2D eigenvalue weighted by Crippen LogP contribution is 2.37. The third-order valence-corrected chi connectivity index (χ3v) is 3.36. The summed E-state index contributed by atoms with van der Waals surface area (Å²) in [5.74, 6) is -0.801. The Balaban J connectivity index is 2.61. The van der Waals surface area contributed by atoms with Gasteiger partial charge in [0.1, 0.15) is 0 Å². The quantitative estimate of drug-likeness (QED) is 0.763. The fraction of sp³-hybridized carbons (Fsp3) is 0.462. The second kappa shape index (κ2) is 3.37. The summed E-state index contributed by atoms with van der Waals surface area (Å²) in [5.41, 5.74) is 2.87. The topological polar surface area (TPSA) is 37.3 Å². The average molecular weight is 204 g/mol. The van der Waals surface area contributed by atoms with Gasteiger partial charge in [-0.05, 0) is 41.9 Å². The van der Waals surface area contributed by atoms with Gasteiger partial charge in [-0.15, -0.1) is 0 Å². The summed E-state index contributed by atoms with van der Waals surface area (Å²) in [7, 11) is 0. The summed E-state index contributed by atoms with van der Waals surface area (Å²) in [6.07, 6.45) is 3.13. The number of fused-ring (bicyclic) bond motifs is 1. The zero-order chi connectivity index (χ0) is 11.1. The van der Waals surface area contributed by atoms with Gasteiger partial charge in [0.25, 0.3) is 0 Å². The molecule has 15 heavy (non-hydrogen) atoms. The number of hydrogen-bond donors (Lipinski definition) is 1. The van der Waals surface area contributed by atoms with Gasteiger partial charge < -0.3 is 5.11 Å². The van der Waals surface area contributed by atoms with Crippen molar-refractivity contribution in [2.24, 2.45) is 0 Å². The number of carboxylic acids is 1. The first-order valence-electron chi connectivity index (χ1n) is 5.38. The molecule has 80 valence electrons. The van der Waals surface area contributed by atoms with Crippen molar-refractivity contribution in [1.29, 1.82) is 0 Å². The van der Waals surface area contributed by atoms with Crippen molar-refractivity contribution in [3.8, 4) is 0 Å². The van der Waals surface area contributed by atoms with Crippen molar-refractivity contribution in [3.63, 3.8) is 0 Å². The Hall–Kier alpha value is -1.31. The molecule has 0 aliphatic heterocycles. The first-order chi connectivity index (χ1) is 7.02. The van der Waals surface area contributed by atoms with E-state index in [-0.39, 0.29) is 5.41 Å². The van der Waals surface area contributed by atoms with E-state index in [1.807, 2.05) is 6.07 Å². The highest BCUT2D eigenvalue weighted by Gasteiger charge is 2.29. The molecule has 0 atom stereocenters. The molecule has 1 aromatic rings. The zero-order valence-electron chi connectivity index (χ0n) is 9.21. The summed E-state index contributed by atoms with van der Waals surface area (Å²) in [6, 6.07) is 5.64. The van der Waals surface area contributed by atoms with Crippen molar-refractivity contribution in [1.82, 2.24) is 0 Å². The number of benzene rings is 1. The monoisotopic (exact) mass is 204 g/mol.